The van der Waals surface area contributed by atoms with Crippen molar-refractivity contribution in [2.45, 2.75) is 51.1 Å². The summed E-state index contributed by atoms with van der Waals surface area (Å²) in [5, 5.41) is 9.32. The van der Waals surface area contributed by atoms with E-state index in [1.54, 1.807) is 17.1 Å². The first-order valence-corrected chi connectivity index (χ1v) is 6.99. The average molecular weight is 263 g/mol. The Morgan fingerprint density at radius 1 is 1.21 bits per heavy atom. The minimum atomic E-state index is -0.873. The van der Waals surface area contributed by atoms with Gasteiger partial charge in [-0.1, -0.05) is 31.1 Å². The van der Waals surface area contributed by atoms with E-state index in [-0.39, 0.29) is 11.9 Å². The number of carbonyl (C=O) groups excluding carboxylic acids is 1. The average Bonchev–Trinajstić information content (AvgIpc) is 2.78. The second-order valence-electron chi connectivity index (χ2n) is 5.33. The van der Waals surface area contributed by atoms with Crippen LogP contribution in [0.2, 0.25) is 0 Å². The van der Waals surface area contributed by atoms with Gasteiger partial charge in [0.25, 0.3) is 0 Å². The van der Waals surface area contributed by atoms with Crippen molar-refractivity contribution in [1.82, 2.24) is 4.90 Å². The van der Waals surface area contributed by atoms with E-state index in [2.05, 4.69) is 0 Å². The van der Waals surface area contributed by atoms with Crippen LogP contribution in [0, 0.1) is 5.92 Å². The fraction of sp³-hybridized carbons (Fsp3) is 0.600. The molecule has 19 heavy (non-hydrogen) atoms. The summed E-state index contributed by atoms with van der Waals surface area (Å²) in [4.78, 5) is 25.2. The molecule has 1 amide bonds. The molecule has 1 saturated heterocycles. The molecule has 3 unspecified atom stereocenters. The summed E-state index contributed by atoms with van der Waals surface area (Å²) in [6, 6.07) is -0.520. The number of carboxylic acid groups (broad SMARTS) is 1. The molecule has 1 saturated carbocycles. The van der Waals surface area contributed by atoms with Gasteiger partial charge in [-0.3, -0.25) is 4.79 Å². The normalized spacial score (nSPS) is 31.0. The lowest BCUT2D eigenvalue weighted by atomic mass is 9.85. The van der Waals surface area contributed by atoms with Gasteiger partial charge in [-0.2, -0.15) is 0 Å². The highest BCUT2D eigenvalue weighted by Crippen LogP contribution is 2.39. The predicted molar refractivity (Wildman–Crippen MR) is 72.6 cm³/mol. The predicted octanol–water partition coefficient (Wildman–Crippen LogP) is 2.36. The molecule has 1 N–H and O–H groups in total. The van der Waals surface area contributed by atoms with Crippen molar-refractivity contribution in [1.29, 1.82) is 0 Å². The number of hydrogen-bond acceptors (Lipinski definition) is 2. The van der Waals surface area contributed by atoms with Crippen LogP contribution < -0.4 is 0 Å². The number of likely N-dealkylation sites (tertiary alicyclic amines) is 1. The van der Waals surface area contributed by atoms with Crippen molar-refractivity contribution in [3.63, 3.8) is 0 Å². The maximum absolute atomic E-state index is 12.2. The lowest BCUT2D eigenvalue weighted by Crippen LogP contribution is -2.45. The first kappa shape index (κ1) is 13.8. The molecule has 0 spiro atoms. The van der Waals surface area contributed by atoms with Crippen LogP contribution in [-0.4, -0.2) is 34.0 Å². The lowest BCUT2D eigenvalue weighted by Gasteiger charge is -2.32. The molecule has 4 heteroatoms. The van der Waals surface area contributed by atoms with E-state index in [1.165, 1.54) is 6.08 Å². The molecule has 104 valence electrons. The minimum absolute atomic E-state index is 0.123. The fourth-order valence-corrected chi connectivity index (χ4v) is 3.33. The molecule has 0 radical (unpaired) electrons. The maximum Gasteiger partial charge on any atom is 0.326 e. The van der Waals surface area contributed by atoms with Gasteiger partial charge in [-0.15, -0.1) is 0 Å². The number of carbonyl (C=O) groups is 2. The van der Waals surface area contributed by atoms with Gasteiger partial charge in [0.2, 0.25) is 5.91 Å². The molecular weight excluding hydrogens is 242 g/mol. The molecule has 1 aliphatic carbocycles. The fourth-order valence-electron chi connectivity index (χ4n) is 3.33. The van der Waals surface area contributed by atoms with Gasteiger partial charge >= 0.3 is 5.97 Å². The van der Waals surface area contributed by atoms with E-state index < -0.39 is 12.0 Å². The van der Waals surface area contributed by atoms with E-state index in [1.807, 2.05) is 13.0 Å². The van der Waals surface area contributed by atoms with Crippen molar-refractivity contribution in [2.24, 2.45) is 5.92 Å². The van der Waals surface area contributed by atoms with Crippen LogP contribution in [0.15, 0.2) is 24.3 Å². The third-order valence-electron chi connectivity index (χ3n) is 4.17. The summed E-state index contributed by atoms with van der Waals surface area (Å²) in [6.45, 7) is 1.88. The molecule has 0 aromatic rings. The number of rotatable bonds is 3. The van der Waals surface area contributed by atoms with Gasteiger partial charge in [0.05, 0.1) is 0 Å². The second-order valence-corrected chi connectivity index (χ2v) is 5.33. The highest BCUT2D eigenvalue weighted by Gasteiger charge is 2.46. The Kier molecular flexibility index (Phi) is 4.40. The molecule has 2 rings (SSSR count). The number of carboxylic acids is 1. The van der Waals surface area contributed by atoms with Gasteiger partial charge < -0.3 is 10.0 Å². The van der Waals surface area contributed by atoms with Crippen LogP contribution in [-0.2, 0) is 9.59 Å². The Bertz CT molecular complexity index is 414. The van der Waals surface area contributed by atoms with Gasteiger partial charge in [0, 0.05) is 12.1 Å². The topological polar surface area (TPSA) is 57.6 Å². The maximum atomic E-state index is 12.2. The Morgan fingerprint density at radius 2 is 1.95 bits per heavy atom. The van der Waals surface area contributed by atoms with Gasteiger partial charge in [0.1, 0.15) is 6.04 Å². The third kappa shape index (κ3) is 2.88. The summed E-state index contributed by atoms with van der Waals surface area (Å²) >= 11 is 0. The molecule has 1 heterocycles. The quantitative estimate of drug-likeness (QED) is 0.628. The summed E-state index contributed by atoms with van der Waals surface area (Å²) in [5.41, 5.74) is 0. The highest BCUT2D eigenvalue weighted by atomic mass is 16.4. The van der Waals surface area contributed by atoms with Crippen molar-refractivity contribution in [2.75, 3.05) is 0 Å². The molecule has 1 aliphatic heterocycles. The van der Waals surface area contributed by atoms with Gasteiger partial charge in [0.15, 0.2) is 0 Å². The van der Waals surface area contributed by atoms with Crippen LogP contribution in [0.4, 0.5) is 0 Å². The van der Waals surface area contributed by atoms with Crippen molar-refractivity contribution >= 4 is 11.9 Å². The summed E-state index contributed by atoms with van der Waals surface area (Å²) in [5.74, 6) is -0.670. The van der Waals surface area contributed by atoms with E-state index in [9.17, 15) is 14.7 Å². The number of allylic oxidation sites excluding steroid dienone is 3. The van der Waals surface area contributed by atoms with Gasteiger partial charge in [-0.05, 0) is 32.1 Å². The minimum Gasteiger partial charge on any atom is -0.480 e. The largest absolute Gasteiger partial charge is 0.480 e. The van der Waals surface area contributed by atoms with Crippen LogP contribution in [0.1, 0.15) is 39.0 Å². The zero-order valence-electron chi connectivity index (χ0n) is 11.3. The molecular formula is C15H21NO3. The number of nitrogens with zero attached hydrogens (tertiary/aromatic N) is 1. The molecule has 2 fully saturated rings. The van der Waals surface area contributed by atoms with E-state index >= 15 is 0 Å². The molecule has 3 atom stereocenters. The molecule has 0 bridgehead atoms. The molecule has 2 aliphatic rings. The van der Waals surface area contributed by atoms with Gasteiger partial charge in [-0.25, -0.2) is 4.79 Å². The van der Waals surface area contributed by atoms with E-state index in [0.29, 0.717) is 12.3 Å². The summed E-state index contributed by atoms with van der Waals surface area (Å²) < 4.78 is 0. The van der Waals surface area contributed by atoms with Crippen LogP contribution >= 0.6 is 0 Å². The number of aliphatic carboxylic acids is 1. The Morgan fingerprint density at radius 3 is 2.63 bits per heavy atom. The third-order valence-corrected chi connectivity index (χ3v) is 4.17. The zero-order valence-corrected chi connectivity index (χ0v) is 11.3. The Balaban J connectivity index is 2.17. The van der Waals surface area contributed by atoms with Crippen LogP contribution in [0.5, 0.6) is 0 Å². The highest BCUT2D eigenvalue weighted by molar-refractivity contribution is 5.92. The van der Waals surface area contributed by atoms with Crippen LogP contribution in [0.25, 0.3) is 0 Å². The van der Waals surface area contributed by atoms with Crippen LogP contribution in [0.3, 0.4) is 0 Å². The number of amides is 1. The number of hydrogen-bond donors (Lipinski definition) is 1. The Labute approximate surface area is 113 Å². The number of fused-ring (bicyclic) bond motifs is 1. The van der Waals surface area contributed by atoms with Crippen molar-refractivity contribution in [3.05, 3.63) is 24.3 Å². The van der Waals surface area contributed by atoms with E-state index in [0.717, 1.165) is 25.7 Å². The van der Waals surface area contributed by atoms with E-state index in [4.69, 9.17) is 0 Å². The SMILES string of the molecule is C/C=C/C=C/C(=O)N1C(C(=O)O)CC2CCCCC21. The summed E-state index contributed by atoms with van der Waals surface area (Å²) in [6.07, 6.45) is 11.6. The van der Waals surface area contributed by atoms with Crippen molar-refractivity contribution in [3.8, 4) is 0 Å². The first-order chi connectivity index (χ1) is 9.15. The molecule has 0 aromatic heterocycles. The summed E-state index contributed by atoms with van der Waals surface area (Å²) in [7, 11) is 0. The smallest absolute Gasteiger partial charge is 0.326 e. The zero-order chi connectivity index (χ0) is 13.8. The Hall–Kier alpha value is -1.58. The lowest BCUT2D eigenvalue weighted by molar-refractivity contribution is -0.147. The standard InChI is InChI=1S/C15H21NO3/c1-2-3-4-9-14(17)16-12-8-6-5-7-11(12)10-13(16)15(18)19/h2-4,9,11-13H,5-8,10H2,1H3,(H,18,19)/b3-2+,9-4+. The van der Waals surface area contributed by atoms with Crippen molar-refractivity contribution < 1.29 is 14.7 Å². The molecule has 0 aromatic carbocycles. The monoisotopic (exact) mass is 263 g/mol. The molecule has 4 nitrogen and oxygen atoms in total. The first-order valence-electron chi connectivity index (χ1n) is 6.99. The second kappa shape index (κ2) is 6.04.